The van der Waals surface area contributed by atoms with Crippen LogP contribution in [0.4, 0.5) is 36.4 Å². The number of nitrogens with one attached hydrogen (secondary N) is 1. The van der Waals surface area contributed by atoms with Gasteiger partial charge in [-0.3, -0.25) is 14.6 Å². The first-order chi connectivity index (χ1) is 16.2. The maximum atomic E-state index is 14.4. The molecule has 1 aromatic heterocycles. The van der Waals surface area contributed by atoms with Gasteiger partial charge in [0.05, 0.1) is 0 Å². The second-order valence-electron chi connectivity index (χ2n) is 7.90. The molecule has 1 aliphatic rings. The van der Waals surface area contributed by atoms with Crippen LogP contribution in [0, 0.1) is 17.6 Å². The molecule has 2 aromatic rings. The Hall–Kier alpha value is -3.42. The van der Waals surface area contributed by atoms with E-state index >= 15 is 0 Å². The van der Waals surface area contributed by atoms with Gasteiger partial charge in [-0.15, -0.1) is 0 Å². The molecule has 0 radical (unpaired) electrons. The lowest BCUT2D eigenvalue weighted by atomic mass is 9.77. The average Bonchev–Trinajstić information content (AvgIpc) is 3.04. The summed E-state index contributed by atoms with van der Waals surface area (Å²) in [5.41, 5.74) is 1.14. The molecule has 4 atom stereocenters. The van der Waals surface area contributed by atoms with Crippen molar-refractivity contribution >= 4 is 17.5 Å². The molecule has 1 saturated heterocycles. The largest absolute Gasteiger partial charge is 0.431 e. The van der Waals surface area contributed by atoms with Gasteiger partial charge in [-0.2, -0.15) is 26.3 Å². The summed E-state index contributed by atoms with van der Waals surface area (Å²) in [6, 6.07) is 3.50. The Kier molecular flexibility index (Phi) is 6.97. The lowest BCUT2D eigenvalue weighted by Crippen LogP contribution is -2.47. The van der Waals surface area contributed by atoms with E-state index in [4.69, 9.17) is 10.5 Å². The van der Waals surface area contributed by atoms with E-state index < -0.39 is 71.1 Å². The van der Waals surface area contributed by atoms with Gasteiger partial charge < -0.3 is 20.5 Å². The van der Waals surface area contributed by atoms with Crippen LogP contribution in [0.3, 0.4) is 0 Å². The number of halogens is 7. The standard InChI is InChI=1S/C21H18F7N3O4/c1-8-13(10-3-4-11(22)14(23)15(10)34-19(24)25)16(35-20(8,2)21(26,27)28)18(33)31-9-5-6-30-12(7-9)17(29)32/h3-8,13,16,19H,1-2H3,(H2,29,32)(H,30,31,33)/t8-,13+,16-,20-/m0/s1. The third-order valence-corrected chi connectivity index (χ3v) is 5.85. The van der Waals surface area contributed by atoms with Gasteiger partial charge in [-0.1, -0.05) is 13.0 Å². The smallest absolute Gasteiger partial charge is 0.417 e. The summed E-state index contributed by atoms with van der Waals surface area (Å²) in [4.78, 5) is 28.0. The van der Waals surface area contributed by atoms with E-state index in [9.17, 15) is 40.3 Å². The predicted octanol–water partition coefficient (Wildman–Crippen LogP) is 4.14. The van der Waals surface area contributed by atoms with Gasteiger partial charge in [0.15, 0.2) is 17.2 Å². The zero-order valence-corrected chi connectivity index (χ0v) is 18.0. The van der Waals surface area contributed by atoms with Crippen LogP contribution in [0.15, 0.2) is 30.5 Å². The van der Waals surface area contributed by atoms with Gasteiger partial charge >= 0.3 is 12.8 Å². The molecule has 2 amide bonds. The molecule has 14 heteroatoms. The molecule has 0 unspecified atom stereocenters. The number of hydrogen-bond acceptors (Lipinski definition) is 5. The number of benzene rings is 1. The van der Waals surface area contributed by atoms with E-state index in [1.54, 1.807) is 0 Å². The van der Waals surface area contributed by atoms with Crippen molar-refractivity contribution in [2.75, 3.05) is 5.32 Å². The third-order valence-electron chi connectivity index (χ3n) is 5.85. The van der Waals surface area contributed by atoms with Crippen molar-refractivity contribution in [1.82, 2.24) is 4.98 Å². The zero-order valence-electron chi connectivity index (χ0n) is 18.0. The summed E-state index contributed by atoms with van der Waals surface area (Å²) in [6.45, 7) is -1.98. The molecule has 0 aliphatic carbocycles. The van der Waals surface area contributed by atoms with Gasteiger partial charge in [0.2, 0.25) is 5.82 Å². The molecule has 1 aliphatic heterocycles. The zero-order chi connectivity index (χ0) is 26.3. The number of nitrogens with zero attached hydrogens (tertiary/aromatic N) is 1. The number of carbonyl (C=O) groups is 2. The lowest BCUT2D eigenvalue weighted by molar-refractivity contribution is -0.272. The van der Waals surface area contributed by atoms with Gasteiger partial charge in [-0.25, -0.2) is 4.39 Å². The first-order valence-electron chi connectivity index (χ1n) is 9.91. The number of rotatable bonds is 6. The highest BCUT2D eigenvalue weighted by molar-refractivity contribution is 5.97. The molecule has 7 nitrogen and oxygen atoms in total. The molecule has 35 heavy (non-hydrogen) atoms. The van der Waals surface area contributed by atoms with Crippen molar-refractivity contribution in [2.24, 2.45) is 11.7 Å². The minimum atomic E-state index is -5.04. The van der Waals surface area contributed by atoms with Crippen LogP contribution in [-0.4, -0.2) is 41.3 Å². The first kappa shape index (κ1) is 26.2. The van der Waals surface area contributed by atoms with E-state index in [0.29, 0.717) is 13.0 Å². The number of primary amides is 1. The number of amides is 2. The molecule has 1 aromatic carbocycles. The minimum Gasteiger partial charge on any atom is -0.431 e. The fraction of sp³-hybridized carbons (Fsp3) is 0.381. The number of pyridine rings is 1. The highest BCUT2D eigenvalue weighted by Gasteiger charge is 2.66. The van der Waals surface area contributed by atoms with Gasteiger partial charge in [0.25, 0.3) is 11.8 Å². The molecular weight excluding hydrogens is 491 g/mol. The number of carbonyl (C=O) groups excluding carboxylic acids is 2. The van der Waals surface area contributed by atoms with Crippen molar-refractivity contribution in [2.45, 2.75) is 44.3 Å². The molecular formula is C21H18F7N3O4. The Morgan fingerprint density at radius 3 is 2.46 bits per heavy atom. The van der Waals surface area contributed by atoms with Crippen LogP contribution in [-0.2, 0) is 9.53 Å². The van der Waals surface area contributed by atoms with Crippen molar-refractivity contribution < 1.29 is 49.8 Å². The maximum absolute atomic E-state index is 14.4. The van der Waals surface area contributed by atoms with E-state index in [0.717, 1.165) is 25.3 Å². The highest BCUT2D eigenvalue weighted by atomic mass is 19.4. The molecule has 3 N–H and O–H groups in total. The number of aromatic nitrogens is 1. The number of alkyl halides is 5. The summed E-state index contributed by atoms with van der Waals surface area (Å²) in [5, 5.41) is 2.24. The Morgan fingerprint density at radius 2 is 1.89 bits per heavy atom. The molecule has 3 rings (SSSR count). The highest BCUT2D eigenvalue weighted by Crippen LogP contribution is 2.55. The quantitative estimate of drug-likeness (QED) is 0.570. The van der Waals surface area contributed by atoms with Crippen LogP contribution in [0.1, 0.15) is 35.8 Å². The fourth-order valence-electron chi connectivity index (χ4n) is 3.90. The van der Waals surface area contributed by atoms with Crippen molar-refractivity contribution in [3.63, 3.8) is 0 Å². The van der Waals surface area contributed by atoms with Gasteiger partial charge in [-0.05, 0) is 25.1 Å². The fourth-order valence-corrected chi connectivity index (χ4v) is 3.90. The first-order valence-corrected chi connectivity index (χ1v) is 9.91. The third kappa shape index (κ3) is 4.88. The van der Waals surface area contributed by atoms with Crippen LogP contribution in [0.2, 0.25) is 0 Å². The predicted molar refractivity (Wildman–Crippen MR) is 106 cm³/mol. The molecule has 0 spiro atoms. The number of hydrogen-bond donors (Lipinski definition) is 2. The number of nitrogens with two attached hydrogens (primary N) is 1. The lowest BCUT2D eigenvalue weighted by Gasteiger charge is -2.32. The molecule has 0 bridgehead atoms. The monoisotopic (exact) mass is 509 g/mol. The average molecular weight is 509 g/mol. The van der Waals surface area contributed by atoms with Crippen molar-refractivity contribution in [3.8, 4) is 5.75 Å². The van der Waals surface area contributed by atoms with Crippen LogP contribution >= 0.6 is 0 Å². The summed E-state index contributed by atoms with van der Waals surface area (Å²) in [5.74, 6) is -10.3. The van der Waals surface area contributed by atoms with Crippen LogP contribution in [0.25, 0.3) is 0 Å². The minimum absolute atomic E-state index is 0.0937. The van der Waals surface area contributed by atoms with Crippen LogP contribution < -0.4 is 15.8 Å². The Bertz CT molecular complexity index is 1140. The topological polar surface area (TPSA) is 104 Å². The van der Waals surface area contributed by atoms with E-state index in [1.165, 1.54) is 6.07 Å². The normalized spacial score (nSPS) is 24.5. The summed E-state index contributed by atoms with van der Waals surface area (Å²) < 4.78 is 105. The SMILES string of the molecule is C[C@H]1[C@H](c2ccc(F)c(F)c2OC(F)F)[C@@H](C(=O)Nc2ccnc(C(N)=O)c2)O[C@]1(C)C(F)(F)F. The van der Waals surface area contributed by atoms with E-state index in [-0.39, 0.29) is 11.4 Å². The molecule has 0 saturated carbocycles. The van der Waals surface area contributed by atoms with Crippen molar-refractivity contribution in [3.05, 3.63) is 53.4 Å². The second-order valence-corrected chi connectivity index (χ2v) is 7.90. The van der Waals surface area contributed by atoms with Crippen LogP contribution in [0.5, 0.6) is 5.75 Å². The molecule has 1 fully saturated rings. The Morgan fingerprint density at radius 1 is 1.23 bits per heavy atom. The van der Waals surface area contributed by atoms with Gasteiger partial charge in [0, 0.05) is 29.3 Å². The maximum Gasteiger partial charge on any atom is 0.417 e. The molecule has 190 valence electrons. The summed E-state index contributed by atoms with van der Waals surface area (Å²) in [7, 11) is 0. The Balaban J connectivity index is 2.10. The Labute approximate surface area is 193 Å². The molecule has 2 heterocycles. The van der Waals surface area contributed by atoms with Crippen molar-refractivity contribution in [1.29, 1.82) is 0 Å². The summed E-state index contributed by atoms with van der Waals surface area (Å²) in [6.07, 6.45) is -5.97. The summed E-state index contributed by atoms with van der Waals surface area (Å²) >= 11 is 0. The van der Waals surface area contributed by atoms with E-state index in [2.05, 4.69) is 15.0 Å². The second kappa shape index (κ2) is 9.32. The van der Waals surface area contributed by atoms with E-state index in [1.807, 2.05) is 0 Å². The van der Waals surface area contributed by atoms with Gasteiger partial charge in [0.1, 0.15) is 11.8 Å². The number of anilines is 1. The number of ether oxygens (including phenoxy) is 2.